The molecule has 4 aromatic rings. The van der Waals surface area contributed by atoms with Crippen molar-refractivity contribution in [2.24, 2.45) is 0 Å². The van der Waals surface area contributed by atoms with Gasteiger partial charge in [-0.15, -0.1) is 0 Å². The number of rotatable bonds is 7. The third-order valence-corrected chi connectivity index (χ3v) is 7.06. The Morgan fingerprint density at radius 2 is 1.51 bits per heavy atom. The third-order valence-electron chi connectivity index (χ3n) is 7.06. The number of fused-ring (bicyclic) bond motifs is 1. The molecule has 0 spiro atoms. The summed E-state index contributed by atoms with van der Waals surface area (Å²) in [5.74, 6) is -0.165. The van der Waals surface area contributed by atoms with E-state index in [2.05, 4.69) is 16.0 Å². The fourth-order valence-corrected chi connectivity index (χ4v) is 4.91. The smallest absolute Gasteiger partial charge is 0.408 e. The third kappa shape index (κ3) is 6.91. The quantitative estimate of drug-likeness (QED) is 0.285. The highest BCUT2D eigenvalue weighted by Gasteiger charge is 2.31. The summed E-state index contributed by atoms with van der Waals surface area (Å²) in [5, 5.41) is 8.22. The lowest BCUT2D eigenvalue weighted by atomic mass is 10.0. The molecule has 1 aliphatic rings. The van der Waals surface area contributed by atoms with Crippen molar-refractivity contribution in [2.45, 2.75) is 32.2 Å². The first-order valence-electron chi connectivity index (χ1n) is 13.5. The topological polar surface area (TPSA) is 99.8 Å². The summed E-state index contributed by atoms with van der Waals surface area (Å²) in [5.41, 5.74) is 6.42. The van der Waals surface area contributed by atoms with E-state index >= 15 is 0 Å². The van der Waals surface area contributed by atoms with Gasteiger partial charge in [0.15, 0.2) is 0 Å². The summed E-state index contributed by atoms with van der Waals surface area (Å²) < 4.78 is 5.41. The molecule has 3 N–H and O–H groups in total. The number of hydrogen-bond acceptors (Lipinski definition) is 4. The van der Waals surface area contributed by atoms with Gasteiger partial charge in [-0.1, -0.05) is 97.1 Å². The molecule has 5 rings (SSSR count). The maximum atomic E-state index is 13.7. The molecule has 0 fully saturated rings. The number of alkyl carbamates (subject to hydrolysis) is 1. The molecule has 1 aliphatic heterocycles. The molecule has 4 aromatic carbocycles. The number of hydrogen-bond donors (Lipinski definition) is 3. The normalized spacial score (nSPS) is 14.4. The van der Waals surface area contributed by atoms with Crippen LogP contribution < -0.4 is 16.0 Å². The zero-order valence-corrected chi connectivity index (χ0v) is 22.8. The van der Waals surface area contributed by atoms with Gasteiger partial charge in [0.25, 0.3) is 0 Å². The van der Waals surface area contributed by atoms with Gasteiger partial charge in [-0.05, 0) is 33.9 Å². The fraction of sp³-hybridized carbons (Fsp3) is 0.182. The molecule has 0 radical (unpaired) electrons. The van der Waals surface area contributed by atoms with Crippen LogP contribution in [-0.4, -0.2) is 36.0 Å². The number of para-hydroxylation sites is 1. The average Bonchev–Trinajstić information content (AvgIpc) is 3.13. The molecule has 8 heteroatoms. The van der Waals surface area contributed by atoms with Gasteiger partial charge in [0.2, 0.25) is 5.91 Å². The first kappa shape index (κ1) is 27.5. The summed E-state index contributed by atoms with van der Waals surface area (Å²) in [6, 6.07) is 31.8. The highest BCUT2D eigenvalue weighted by Crippen LogP contribution is 2.29. The molecule has 0 saturated carbocycles. The van der Waals surface area contributed by atoms with Crippen molar-refractivity contribution in [3.63, 3.8) is 0 Å². The highest BCUT2D eigenvalue weighted by molar-refractivity contribution is 5.94. The molecular formula is C33H32N4O4. The van der Waals surface area contributed by atoms with Crippen molar-refractivity contribution in [3.8, 4) is 11.1 Å². The number of carbonyl (C=O) groups is 3. The van der Waals surface area contributed by atoms with Crippen LogP contribution in [0.1, 0.15) is 22.3 Å². The lowest BCUT2D eigenvalue weighted by molar-refractivity contribution is -0.134. The van der Waals surface area contributed by atoms with E-state index in [1.165, 1.54) is 0 Å². The van der Waals surface area contributed by atoms with Crippen molar-refractivity contribution in [1.82, 2.24) is 15.5 Å². The maximum absolute atomic E-state index is 13.7. The minimum Gasteiger partial charge on any atom is -0.445 e. The second kappa shape index (κ2) is 12.8. The SMILES string of the molecule is CNC(=O)Nc1ccccc1-c1ccc(CN2Cc3ccccc3CC(NC(=O)OCc3ccccc3)C2=O)cc1. The van der Waals surface area contributed by atoms with E-state index in [0.717, 1.165) is 33.4 Å². The van der Waals surface area contributed by atoms with E-state index in [0.29, 0.717) is 25.2 Å². The number of benzene rings is 4. The zero-order chi connectivity index (χ0) is 28.6. The Hall–Kier alpha value is -5.11. The van der Waals surface area contributed by atoms with Gasteiger partial charge in [0.1, 0.15) is 12.6 Å². The first-order chi connectivity index (χ1) is 20.0. The van der Waals surface area contributed by atoms with Crippen LogP contribution in [0.25, 0.3) is 11.1 Å². The second-order valence-corrected chi connectivity index (χ2v) is 9.87. The van der Waals surface area contributed by atoms with E-state index in [4.69, 9.17) is 4.74 Å². The molecule has 1 unspecified atom stereocenters. The van der Waals surface area contributed by atoms with Gasteiger partial charge in [-0.2, -0.15) is 0 Å². The Kier molecular flexibility index (Phi) is 8.59. The van der Waals surface area contributed by atoms with Crippen LogP contribution in [0.2, 0.25) is 0 Å². The van der Waals surface area contributed by atoms with Crippen LogP contribution in [-0.2, 0) is 35.6 Å². The largest absolute Gasteiger partial charge is 0.445 e. The Morgan fingerprint density at radius 1 is 0.829 bits per heavy atom. The van der Waals surface area contributed by atoms with Crippen LogP contribution in [0.5, 0.6) is 0 Å². The maximum Gasteiger partial charge on any atom is 0.408 e. The predicted molar refractivity (Wildman–Crippen MR) is 158 cm³/mol. The monoisotopic (exact) mass is 548 g/mol. The lowest BCUT2D eigenvalue weighted by Crippen LogP contribution is -2.48. The molecule has 8 nitrogen and oxygen atoms in total. The molecule has 4 amide bonds. The number of amides is 4. The predicted octanol–water partition coefficient (Wildman–Crippen LogP) is 5.48. The van der Waals surface area contributed by atoms with Gasteiger partial charge in [0.05, 0.1) is 5.69 Å². The van der Waals surface area contributed by atoms with E-state index in [1.54, 1.807) is 11.9 Å². The molecule has 0 aromatic heterocycles. The Bertz CT molecular complexity index is 1520. The van der Waals surface area contributed by atoms with Crippen molar-refractivity contribution in [3.05, 3.63) is 125 Å². The number of ether oxygens (including phenoxy) is 1. The summed E-state index contributed by atoms with van der Waals surface area (Å²) in [4.78, 5) is 40.0. The van der Waals surface area contributed by atoms with Gasteiger partial charge in [-0.25, -0.2) is 9.59 Å². The summed E-state index contributed by atoms with van der Waals surface area (Å²) in [7, 11) is 1.57. The number of anilines is 1. The number of carbonyl (C=O) groups excluding carboxylic acids is 3. The number of nitrogens with zero attached hydrogens (tertiary/aromatic N) is 1. The molecule has 41 heavy (non-hydrogen) atoms. The standard InChI is InChI=1S/C33H32N4O4/c1-34-32(39)35-29-14-8-7-13-28(29)25-17-15-23(16-18-25)20-37-21-27-12-6-5-11-26(27)19-30(31(37)38)36-33(40)41-22-24-9-3-2-4-10-24/h2-18,30H,19-22H2,1H3,(H,36,40)(H2,34,35,39). The molecule has 0 saturated heterocycles. The summed E-state index contributed by atoms with van der Waals surface area (Å²) in [6.07, 6.45) is -0.236. The molecule has 208 valence electrons. The number of urea groups is 1. The molecule has 0 aliphatic carbocycles. The van der Waals surface area contributed by atoms with Crippen LogP contribution in [0.15, 0.2) is 103 Å². The van der Waals surface area contributed by atoms with E-state index < -0.39 is 12.1 Å². The average molecular weight is 549 g/mol. The van der Waals surface area contributed by atoms with Gasteiger partial charge in [-0.3, -0.25) is 4.79 Å². The minimum atomic E-state index is -0.746. The van der Waals surface area contributed by atoms with Crippen molar-refractivity contribution in [1.29, 1.82) is 0 Å². The number of nitrogens with one attached hydrogen (secondary N) is 3. The van der Waals surface area contributed by atoms with Crippen LogP contribution in [0, 0.1) is 0 Å². The lowest BCUT2D eigenvalue weighted by Gasteiger charge is -2.25. The Labute approximate surface area is 239 Å². The van der Waals surface area contributed by atoms with Crippen LogP contribution >= 0.6 is 0 Å². The van der Waals surface area contributed by atoms with Crippen LogP contribution in [0.3, 0.4) is 0 Å². The van der Waals surface area contributed by atoms with Crippen molar-refractivity contribution in [2.75, 3.05) is 12.4 Å². The van der Waals surface area contributed by atoms with Gasteiger partial charge in [0, 0.05) is 32.1 Å². The van der Waals surface area contributed by atoms with E-state index in [9.17, 15) is 14.4 Å². The molecule has 1 atom stereocenters. The summed E-state index contributed by atoms with van der Waals surface area (Å²) >= 11 is 0. The van der Waals surface area contributed by atoms with Crippen LogP contribution in [0.4, 0.5) is 15.3 Å². The second-order valence-electron chi connectivity index (χ2n) is 9.87. The van der Waals surface area contributed by atoms with Crippen molar-refractivity contribution >= 4 is 23.7 Å². The zero-order valence-electron chi connectivity index (χ0n) is 22.8. The first-order valence-corrected chi connectivity index (χ1v) is 13.5. The highest BCUT2D eigenvalue weighted by atomic mass is 16.5. The van der Waals surface area contributed by atoms with E-state index in [-0.39, 0.29) is 18.5 Å². The Balaban J connectivity index is 1.31. The summed E-state index contributed by atoms with van der Waals surface area (Å²) in [6.45, 7) is 0.942. The van der Waals surface area contributed by atoms with Gasteiger partial charge < -0.3 is 25.6 Å². The molecular weight excluding hydrogens is 516 g/mol. The van der Waals surface area contributed by atoms with E-state index in [1.807, 2.05) is 103 Å². The molecule has 0 bridgehead atoms. The minimum absolute atomic E-state index is 0.127. The fourth-order valence-electron chi connectivity index (χ4n) is 4.91. The van der Waals surface area contributed by atoms with Crippen molar-refractivity contribution < 1.29 is 19.1 Å². The molecule has 1 heterocycles. The Morgan fingerprint density at radius 3 is 2.27 bits per heavy atom. The van der Waals surface area contributed by atoms with Gasteiger partial charge >= 0.3 is 12.1 Å².